The number of tetrazole rings is 1. The van der Waals surface area contributed by atoms with Crippen LogP contribution in [0.25, 0.3) is 22.6 Å². The Morgan fingerprint density at radius 3 is 2.44 bits per heavy atom. The second-order valence-electron chi connectivity index (χ2n) is 7.88. The van der Waals surface area contributed by atoms with E-state index in [1.807, 2.05) is 48.5 Å². The Morgan fingerprint density at radius 2 is 1.72 bits per heavy atom. The standard InChI is InChI=1S/C26H23N7O3/c1-17-28-30-31-33(17)20-11-7-8-18(14-20)27-26(34)23-16-32(19-9-5-4-6-10-19)29-25(23)22-13-12-21(35-2)15-24(22)36-3/h4-16H,1-3H3,(H,27,34). The number of nitrogens with one attached hydrogen (secondary N) is 1. The summed E-state index contributed by atoms with van der Waals surface area (Å²) in [6, 6.07) is 22.3. The summed E-state index contributed by atoms with van der Waals surface area (Å²) in [4.78, 5) is 13.6. The van der Waals surface area contributed by atoms with Crippen molar-refractivity contribution in [3.63, 3.8) is 0 Å². The predicted molar refractivity (Wildman–Crippen MR) is 134 cm³/mol. The van der Waals surface area contributed by atoms with Crippen LogP contribution in [0.5, 0.6) is 11.5 Å². The number of anilines is 1. The van der Waals surface area contributed by atoms with Gasteiger partial charge in [-0.1, -0.05) is 24.3 Å². The first-order valence-electron chi connectivity index (χ1n) is 11.1. The summed E-state index contributed by atoms with van der Waals surface area (Å²) in [6.45, 7) is 1.80. The topological polar surface area (TPSA) is 109 Å². The van der Waals surface area contributed by atoms with E-state index in [1.54, 1.807) is 61.0 Å². The molecule has 0 aliphatic rings. The Balaban J connectivity index is 1.56. The first-order chi connectivity index (χ1) is 17.6. The van der Waals surface area contributed by atoms with Crippen molar-refractivity contribution in [2.24, 2.45) is 0 Å². The molecule has 0 aliphatic carbocycles. The molecule has 0 radical (unpaired) electrons. The average molecular weight is 482 g/mol. The predicted octanol–water partition coefficient (Wildman–Crippen LogP) is 4.09. The summed E-state index contributed by atoms with van der Waals surface area (Å²) in [5.41, 5.74) is 3.66. The fourth-order valence-electron chi connectivity index (χ4n) is 3.83. The Labute approximate surface area is 207 Å². The molecule has 0 bridgehead atoms. The largest absolute Gasteiger partial charge is 0.497 e. The maximum absolute atomic E-state index is 13.6. The molecule has 0 spiro atoms. The summed E-state index contributed by atoms with van der Waals surface area (Å²) >= 11 is 0. The van der Waals surface area contributed by atoms with E-state index < -0.39 is 0 Å². The number of rotatable bonds is 7. The molecule has 36 heavy (non-hydrogen) atoms. The van der Waals surface area contributed by atoms with E-state index in [-0.39, 0.29) is 5.91 Å². The Morgan fingerprint density at radius 1 is 0.917 bits per heavy atom. The van der Waals surface area contributed by atoms with E-state index in [0.29, 0.717) is 39.8 Å². The molecule has 0 fully saturated rings. The van der Waals surface area contributed by atoms with E-state index in [0.717, 1.165) is 11.4 Å². The molecule has 0 aliphatic heterocycles. The molecule has 10 nitrogen and oxygen atoms in total. The lowest BCUT2D eigenvalue weighted by atomic mass is 10.1. The average Bonchev–Trinajstić information content (AvgIpc) is 3.55. The molecule has 2 aromatic heterocycles. The smallest absolute Gasteiger partial charge is 0.259 e. The highest BCUT2D eigenvalue weighted by Crippen LogP contribution is 2.35. The van der Waals surface area contributed by atoms with Crippen LogP contribution in [-0.4, -0.2) is 50.1 Å². The highest BCUT2D eigenvalue weighted by Gasteiger charge is 2.22. The summed E-state index contributed by atoms with van der Waals surface area (Å²) in [5.74, 6) is 1.49. The van der Waals surface area contributed by atoms with E-state index in [1.165, 1.54) is 0 Å². The SMILES string of the molecule is COc1ccc(-c2nn(-c3ccccc3)cc2C(=O)Nc2cccc(-n3nnnc3C)c2)c(OC)c1. The molecule has 0 saturated carbocycles. The van der Waals surface area contributed by atoms with Crippen molar-refractivity contribution < 1.29 is 14.3 Å². The second kappa shape index (κ2) is 9.71. The Bertz CT molecular complexity index is 1530. The molecule has 1 N–H and O–H groups in total. The number of aromatic nitrogens is 6. The van der Waals surface area contributed by atoms with Crippen LogP contribution in [0.3, 0.4) is 0 Å². The summed E-state index contributed by atoms with van der Waals surface area (Å²) in [5, 5.41) is 19.3. The molecule has 10 heteroatoms. The van der Waals surface area contributed by atoms with E-state index >= 15 is 0 Å². The van der Waals surface area contributed by atoms with Gasteiger partial charge in [0.1, 0.15) is 17.2 Å². The molecular formula is C26H23N7O3. The van der Waals surface area contributed by atoms with Crippen LogP contribution in [0, 0.1) is 6.92 Å². The van der Waals surface area contributed by atoms with Crippen LogP contribution in [0.15, 0.2) is 79.0 Å². The highest BCUT2D eigenvalue weighted by molar-refractivity contribution is 6.08. The zero-order valence-corrected chi connectivity index (χ0v) is 19.9. The Hall–Kier alpha value is -4.99. The van der Waals surface area contributed by atoms with Gasteiger partial charge in [0.25, 0.3) is 5.91 Å². The lowest BCUT2D eigenvalue weighted by molar-refractivity contribution is 0.102. The van der Waals surface area contributed by atoms with E-state index in [4.69, 9.17) is 14.6 Å². The number of aryl methyl sites for hydroxylation is 1. The van der Waals surface area contributed by atoms with Gasteiger partial charge < -0.3 is 14.8 Å². The lowest BCUT2D eigenvalue weighted by Gasteiger charge is -2.11. The Kier molecular flexibility index (Phi) is 6.14. The zero-order valence-electron chi connectivity index (χ0n) is 19.9. The van der Waals surface area contributed by atoms with Crippen LogP contribution in [-0.2, 0) is 0 Å². The molecule has 180 valence electrons. The molecular weight excluding hydrogens is 458 g/mol. The molecule has 5 aromatic rings. The van der Waals surface area contributed by atoms with Crippen LogP contribution in [0.1, 0.15) is 16.2 Å². The van der Waals surface area contributed by atoms with Gasteiger partial charge in [0, 0.05) is 23.5 Å². The minimum absolute atomic E-state index is 0.323. The maximum Gasteiger partial charge on any atom is 0.259 e. The van der Waals surface area contributed by atoms with Crippen molar-refractivity contribution in [3.05, 3.63) is 90.4 Å². The third-order valence-corrected chi connectivity index (χ3v) is 5.62. The van der Waals surface area contributed by atoms with Crippen LogP contribution < -0.4 is 14.8 Å². The first-order valence-corrected chi connectivity index (χ1v) is 11.1. The van der Waals surface area contributed by atoms with Gasteiger partial charge in [0.05, 0.1) is 31.2 Å². The van der Waals surface area contributed by atoms with Gasteiger partial charge in [-0.05, 0) is 59.8 Å². The third kappa shape index (κ3) is 4.39. The highest BCUT2D eigenvalue weighted by atomic mass is 16.5. The number of hydrogen-bond donors (Lipinski definition) is 1. The van der Waals surface area contributed by atoms with Gasteiger partial charge in [-0.25, -0.2) is 4.68 Å². The first kappa shape index (κ1) is 22.8. The quantitative estimate of drug-likeness (QED) is 0.373. The molecule has 5 rings (SSSR count). The van der Waals surface area contributed by atoms with Crippen molar-refractivity contribution in [1.82, 2.24) is 30.0 Å². The molecule has 0 saturated heterocycles. The number of amides is 1. The van der Waals surface area contributed by atoms with Gasteiger partial charge in [-0.15, -0.1) is 5.10 Å². The van der Waals surface area contributed by atoms with Gasteiger partial charge in [0.2, 0.25) is 0 Å². The van der Waals surface area contributed by atoms with Gasteiger partial charge in [-0.2, -0.15) is 9.78 Å². The minimum atomic E-state index is -0.323. The number of carbonyl (C=O) groups is 1. The summed E-state index contributed by atoms with van der Waals surface area (Å²) < 4.78 is 14.2. The van der Waals surface area contributed by atoms with Gasteiger partial charge >= 0.3 is 0 Å². The van der Waals surface area contributed by atoms with Gasteiger partial charge in [0.15, 0.2) is 5.82 Å². The van der Waals surface area contributed by atoms with Crippen molar-refractivity contribution in [2.45, 2.75) is 6.92 Å². The monoisotopic (exact) mass is 481 g/mol. The fraction of sp³-hybridized carbons (Fsp3) is 0.115. The van der Waals surface area contributed by atoms with Crippen LogP contribution in [0.4, 0.5) is 5.69 Å². The third-order valence-electron chi connectivity index (χ3n) is 5.62. The lowest BCUT2D eigenvalue weighted by Crippen LogP contribution is -2.13. The molecule has 3 aromatic carbocycles. The normalized spacial score (nSPS) is 10.8. The molecule has 2 heterocycles. The van der Waals surface area contributed by atoms with Crippen molar-refractivity contribution in [2.75, 3.05) is 19.5 Å². The minimum Gasteiger partial charge on any atom is -0.497 e. The fourth-order valence-corrected chi connectivity index (χ4v) is 3.83. The number of hydrogen-bond acceptors (Lipinski definition) is 7. The van der Waals surface area contributed by atoms with E-state index in [2.05, 4.69) is 20.8 Å². The van der Waals surface area contributed by atoms with E-state index in [9.17, 15) is 4.79 Å². The number of para-hydroxylation sites is 1. The molecule has 0 unspecified atom stereocenters. The summed E-state index contributed by atoms with van der Waals surface area (Å²) in [6.07, 6.45) is 1.71. The van der Waals surface area contributed by atoms with Crippen LogP contribution >= 0.6 is 0 Å². The summed E-state index contributed by atoms with van der Waals surface area (Å²) in [7, 11) is 3.15. The van der Waals surface area contributed by atoms with Crippen LogP contribution in [0.2, 0.25) is 0 Å². The van der Waals surface area contributed by atoms with Crippen molar-refractivity contribution >= 4 is 11.6 Å². The number of nitrogens with zero attached hydrogens (tertiary/aromatic N) is 6. The van der Waals surface area contributed by atoms with Gasteiger partial charge in [-0.3, -0.25) is 4.79 Å². The number of ether oxygens (including phenoxy) is 2. The zero-order chi connectivity index (χ0) is 25.1. The number of carbonyl (C=O) groups excluding carboxylic acids is 1. The maximum atomic E-state index is 13.6. The van der Waals surface area contributed by atoms with Crippen molar-refractivity contribution in [3.8, 4) is 34.1 Å². The molecule has 1 amide bonds. The molecule has 0 atom stereocenters. The van der Waals surface area contributed by atoms with Crippen molar-refractivity contribution in [1.29, 1.82) is 0 Å². The number of benzene rings is 3. The second-order valence-corrected chi connectivity index (χ2v) is 7.88. The number of methoxy groups -OCH3 is 2.